The summed E-state index contributed by atoms with van der Waals surface area (Å²) in [5, 5.41) is 0. The van der Waals surface area contributed by atoms with E-state index in [-0.39, 0.29) is 0 Å². The SMILES string of the molecule is C[Si](C)=[Ti]([O]C(=O)C(c1ccccc1)(c1ccccc1)c1ccccc1)([O]C(=O)C(c1ccccc1)(c1ccccc1)c1ccccc1)([CH]1C=Cc2ccccc21)[CH]1C=Cc2ccccc21. The van der Waals surface area contributed by atoms with Gasteiger partial charge in [0.05, 0.1) is 0 Å². The van der Waals surface area contributed by atoms with Gasteiger partial charge in [0.25, 0.3) is 0 Å². The molecule has 0 radical (unpaired) electrons. The molecule has 0 fully saturated rings. The van der Waals surface area contributed by atoms with Crippen LogP contribution in [0.5, 0.6) is 0 Å². The Balaban J connectivity index is 1.36. The standard InChI is InChI=1S/2C20H16O2.2C9H7.C2H6Si.Ti/c2*21-19(22)20(16-10-4-1-5-11-16,17-12-6-2-7-13-17)18-14-8-3-9-15-18;2*1-2-5-9-7-3-6-8(9)4-1;1-3-2;/h2*1-15H,(H,21,22);2*1-7H;1-2H3;/q;;;;;+2/p-2. The first-order chi connectivity index (χ1) is 32.3. The maximum atomic E-state index is 17.2. The van der Waals surface area contributed by atoms with E-state index in [1.54, 1.807) is 0 Å². The summed E-state index contributed by atoms with van der Waals surface area (Å²) in [5.74, 6) is -0.940. The molecule has 2 unspecified atom stereocenters. The molecule has 66 heavy (non-hydrogen) atoms. The molecule has 0 saturated carbocycles. The van der Waals surface area contributed by atoms with E-state index in [0.717, 1.165) is 55.6 Å². The first-order valence-corrected chi connectivity index (χ1v) is 30.6. The fraction of sp³-hybridized carbons (Fsp3) is 0.100. The molecule has 2 atom stereocenters. The van der Waals surface area contributed by atoms with Crippen molar-refractivity contribution in [1.82, 2.24) is 0 Å². The molecule has 0 spiro atoms. The summed E-state index contributed by atoms with van der Waals surface area (Å²) >= 11 is -6.24. The van der Waals surface area contributed by atoms with E-state index in [1.165, 1.54) is 0 Å². The Hall–Kier alpha value is -6.89. The molecule has 8 aromatic rings. The van der Waals surface area contributed by atoms with Gasteiger partial charge in [-0.1, -0.05) is 0 Å². The van der Waals surface area contributed by atoms with E-state index in [0.29, 0.717) is 0 Å². The van der Waals surface area contributed by atoms with Crippen molar-refractivity contribution < 1.29 is 31.0 Å². The third-order valence-corrected chi connectivity index (χ3v) is 36.0. The molecule has 2 aliphatic carbocycles. The molecule has 0 heterocycles. The number of allylic oxidation sites excluding steroid dienone is 2. The van der Waals surface area contributed by atoms with Crippen LogP contribution >= 0.6 is 0 Å². The van der Waals surface area contributed by atoms with E-state index in [2.05, 4.69) is 61.7 Å². The molecular weight excluding hydrogens is 861 g/mol. The van der Waals surface area contributed by atoms with Gasteiger partial charge in [0, 0.05) is 0 Å². The Labute approximate surface area is 389 Å². The molecule has 0 aromatic heterocycles. The summed E-state index contributed by atoms with van der Waals surface area (Å²) in [5.41, 5.74) is 5.60. The Kier molecular flexibility index (Phi) is 11.4. The van der Waals surface area contributed by atoms with Crippen molar-refractivity contribution >= 4 is 30.3 Å². The minimum absolute atomic E-state index is 0.470. The number of carbonyl (C=O) groups is 2. The van der Waals surface area contributed by atoms with E-state index < -0.39 is 52.2 Å². The van der Waals surface area contributed by atoms with Crippen molar-refractivity contribution in [2.24, 2.45) is 0 Å². The number of hydrogen-bond donors (Lipinski definition) is 0. The zero-order chi connectivity index (χ0) is 45.2. The Morgan fingerprint density at radius 3 is 0.879 bits per heavy atom. The van der Waals surface area contributed by atoms with Gasteiger partial charge in [-0.25, -0.2) is 0 Å². The third kappa shape index (κ3) is 6.60. The Morgan fingerprint density at radius 2 is 0.621 bits per heavy atom. The van der Waals surface area contributed by atoms with Gasteiger partial charge >= 0.3 is 392 Å². The van der Waals surface area contributed by atoms with Gasteiger partial charge < -0.3 is 0 Å². The van der Waals surface area contributed by atoms with Crippen molar-refractivity contribution in [2.45, 2.75) is 32.4 Å². The van der Waals surface area contributed by atoms with Gasteiger partial charge in [-0.05, 0) is 0 Å². The zero-order valence-electron chi connectivity index (χ0n) is 37.0. The summed E-state index contributed by atoms with van der Waals surface area (Å²) in [6, 6.07) is 76.3. The zero-order valence-corrected chi connectivity index (χ0v) is 39.6. The normalized spacial score (nSPS) is 15.4. The topological polar surface area (TPSA) is 52.6 Å². The van der Waals surface area contributed by atoms with E-state index in [1.807, 2.05) is 206 Å². The molecule has 2 aliphatic rings. The van der Waals surface area contributed by atoms with Crippen LogP contribution in [0.1, 0.15) is 64.1 Å². The molecule has 10 rings (SSSR count). The molecule has 6 heteroatoms. The quantitative estimate of drug-likeness (QED) is 0.0905. The summed E-state index contributed by atoms with van der Waals surface area (Å²) in [4.78, 5) is 34.3. The first kappa shape index (κ1) is 43.0. The third-order valence-electron chi connectivity index (χ3n) is 14.2. The van der Waals surface area contributed by atoms with Crippen LogP contribution in [0.4, 0.5) is 0 Å². The van der Waals surface area contributed by atoms with Gasteiger partial charge in [0.2, 0.25) is 0 Å². The molecular formula is C60H50O4SiTi. The molecule has 8 aromatic carbocycles. The van der Waals surface area contributed by atoms with Gasteiger partial charge in [-0.3, -0.25) is 0 Å². The van der Waals surface area contributed by atoms with E-state index in [9.17, 15) is 0 Å². The van der Waals surface area contributed by atoms with Crippen LogP contribution in [-0.2, 0) is 41.9 Å². The summed E-state index contributed by atoms with van der Waals surface area (Å²) in [6.45, 7) is 4.44. The number of carbonyl (C=O) groups excluding carboxylic acids is 2. The monoisotopic (exact) mass is 910 g/mol. The van der Waals surface area contributed by atoms with Crippen molar-refractivity contribution in [3.05, 3.63) is 298 Å². The summed E-state index contributed by atoms with van der Waals surface area (Å²) in [7, 11) is 0. The number of benzene rings is 8. The van der Waals surface area contributed by atoms with Crippen molar-refractivity contribution in [1.29, 1.82) is 0 Å². The summed E-state index contributed by atoms with van der Waals surface area (Å²) < 4.78 is 15.3. The predicted octanol–water partition coefficient (Wildman–Crippen LogP) is 13.4. The Morgan fingerprint density at radius 1 is 0.379 bits per heavy atom. The second-order valence-corrected chi connectivity index (χ2v) is 34.7. The predicted molar refractivity (Wildman–Crippen MR) is 265 cm³/mol. The van der Waals surface area contributed by atoms with Crippen LogP contribution in [0, 0.1) is 0 Å². The number of fused-ring (bicyclic) bond motifs is 2. The fourth-order valence-electron chi connectivity index (χ4n) is 11.1. The van der Waals surface area contributed by atoms with Crippen molar-refractivity contribution in [2.75, 3.05) is 0 Å². The van der Waals surface area contributed by atoms with Crippen molar-refractivity contribution in [3.8, 4) is 0 Å². The van der Waals surface area contributed by atoms with Crippen LogP contribution in [0.2, 0.25) is 13.1 Å². The van der Waals surface area contributed by atoms with Crippen LogP contribution in [0.25, 0.3) is 12.2 Å². The van der Waals surface area contributed by atoms with Crippen LogP contribution < -0.4 is 0 Å². The molecule has 0 amide bonds. The van der Waals surface area contributed by atoms with Crippen molar-refractivity contribution in [3.63, 3.8) is 0 Å². The molecule has 0 aliphatic heterocycles. The van der Waals surface area contributed by atoms with Crippen LogP contribution in [0.15, 0.2) is 243 Å². The van der Waals surface area contributed by atoms with E-state index >= 15 is 9.59 Å². The second-order valence-electron chi connectivity index (χ2n) is 17.6. The van der Waals surface area contributed by atoms with E-state index in [4.69, 9.17) is 6.64 Å². The summed E-state index contributed by atoms with van der Waals surface area (Å²) in [6.07, 6.45) is 6.63. The molecule has 0 saturated heterocycles. The minimum atomic E-state index is -6.24. The molecule has 322 valence electrons. The average Bonchev–Trinajstić information content (AvgIpc) is 4.03. The van der Waals surface area contributed by atoms with Gasteiger partial charge in [0.15, 0.2) is 0 Å². The average molecular weight is 911 g/mol. The maximum absolute atomic E-state index is 17.2. The second kappa shape index (κ2) is 17.5. The van der Waals surface area contributed by atoms with Gasteiger partial charge in [0.1, 0.15) is 0 Å². The molecule has 0 N–H and O–H groups in total. The first-order valence-electron chi connectivity index (χ1n) is 22.7. The van der Waals surface area contributed by atoms with Crippen LogP contribution in [0.3, 0.4) is 0 Å². The number of rotatable bonds is 12. The van der Waals surface area contributed by atoms with Gasteiger partial charge in [-0.15, -0.1) is 0 Å². The molecule has 0 bridgehead atoms. The van der Waals surface area contributed by atoms with Gasteiger partial charge in [-0.2, -0.15) is 0 Å². The number of hydrogen-bond acceptors (Lipinski definition) is 4. The fourth-order valence-corrected chi connectivity index (χ4v) is 30.6. The van der Waals surface area contributed by atoms with Crippen LogP contribution in [-0.4, -0.2) is 18.1 Å². The molecule has 4 nitrogen and oxygen atoms in total. The Bertz CT molecular complexity index is 2780.